The van der Waals surface area contributed by atoms with Crippen LogP contribution >= 0.6 is 0 Å². The number of hydrogen-bond donors (Lipinski definition) is 2. The molecule has 1 fully saturated rings. The number of nitrogens with two attached hydrogens (primary N) is 1. The molecule has 1 aliphatic rings. The van der Waals surface area contributed by atoms with Crippen LogP contribution < -0.4 is 15.2 Å². The molecular formula is C28H29F3N2O4S. The van der Waals surface area contributed by atoms with E-state index in [1.807, 2.05) is 30.3 Å². The van der Waals surface area contributed by atoms with Gasteiger partial charge in [0.15, 0.2) is 11.6 Å². The van der Waals surface area contributed by atoms with E-state index in [0.29, 0.717) is 18.4 Å². The lowest BCUT2D eigenvalue weighted by molar-refractivity contribution is -0.127. The molecule has 0 saturated heterocycles. The number of rotatable bonds is 10. The van der Waals surface area contributed by atoms with Crippen LogP contribution in [0.3, 0.4) is 0 Å². The second-order valence-corrected chi connectivity index (χ2v) is 11.5. The fourth-order valence-electron chi connectivity index (χ4n) is 5.13. The third kappa shape index (κ3) is 6.36. The van der Waals surface area contributed by atoms with Crippen LogP contribution in [-0.4, -0.2) is 26.6 Å². The summed E-state index contributed by atoms with van der Waals surface area (Å²) < 4.78 is 74.7. The highest BCUT2D eigenvalue weighted by Crippen LogP contribution is 2.44. The van der Waals surface area contributed by atoms with Crippen LogP contribution in [0.25, 0.3) is 11.1 Å². The van der Waals surface area contributed by atoms with Gasteiger partial charge in [-0.25, -0.2) is 26.3 Å². The summed E-state index contributed by atoms with van der Waals surface area (Å²) in [6.45, 7) is 0.0397. The zero-order valence-corrected chi connectivity index (χ0v) is 21.6. The van der Waals surface area contributed by atoms with Crippen molar-refractivity contribution in [3.05, 3.63) is 89.2 Å². The normalized spacial score (nSPS) is 19.6. The molecule has 0 aromatic heterocycles. The summed E-state index contributed by atoms with van der Waals surface area (Å²) >= 11 is 0. The summed E-state index contributed by atoms with van der Waals surface area (Å²) in [4.78, 5) is 12.5. The number of para-hydroxylation sites is 1. The molecule has 6 nitrogen and oxygen atoms in total. The molecule has 0 unspecified atom stereocenters. The van der Waals surface area contributed by atoms with Crippen molar-refractivity contribution in [1.82, 2.24) is 4.72 Å². The van der Waals surface area contributed by atoms with Gasteiger partial charge in [0, 0.05) is 17.2 Å². The number of hydrogen-bond acceptors (Lipinski definition) is 4. The highest BCUT2D eigenvalue weighted by Gasteiger charge is 2.44. The number of amides is 1. The van der Waals surface area contributed by atoms with Crippen molar-refractivity contribution in [1.29, 1.82) is 0 Å². The minimum atomic E-state index is -3.48. The Labute approximate surface area is 220 Å². The first kappa shape index (κ1) is 27.7. The Bertz CT molecular complexity index is 1420. The van der Waals surface area contributed by atoms with Crippen LogP contribution in [0.5, 0.6) is 5.75 Å². The minimum Gasteiger partial charge on any atom is -0.485 e. The van der Waals surface area contributed by atoms with Crippen LogP contribution in [0.1, 0.15) is 42.4 Å². The molecule has 202 valence electrons. The van der Waals surface area contributed by atoms with Gasteiger partial charge in [0.05, 0.1) is 11.7 Å². The SMILES string of the molecule is CS(=O)(=O)N[C@H]1CC[C@](Cc2ccc(C(F)F)c(-c3cccc(F)c3OCc3ccccc3)c2)(C(N)=O)C1. The fraction of sp³-hybridized carbons (Fsp3) is 0.321. The summed E-state index contributed by atoms with van der Waals surface area (Å²) in [7, 11) is -3.48. The number of nitrogens with one attached hydrogen (secondary N) is 1. The van der Waals surface area contributed by atoms with Gasteiger partial charge in [-0.05, 0) is 48.4 Å². The number of carbonyl (C=O) groups excluding carboxylic acids is 1. The molecule has 1 saturated carbocycles. The predicted molar refractivity (Wildman–Crippen MR) is 139 cm³/mol. The second-order valence-electron chi connectivity index (χ2n) is 9.76. The lowest BCUT2D eigenvalue weighted by Gasteiger charge is -2.26. The van der Waals surface area contributed by atoms with Crippen LogP contribution in [0.15, 0.2) is 66.7 Å². The summed E-state index contributed by atoms with van der Waals surface area (Å²) in [6.07, 6.45) is -0.734. The van der Waals surface area contributed by atoms with Gasteiger partial charge >= 0.3 is 0 Å². The van der Waals surface area contributed by atoms with Crippen molar-refractivity contribution in [2.75, 3.05) is 6.26 Å². The molecule has 10 heteroatoms. The largest absolute Gasteiger partial charge is 0.485 e. The minimum absolute atomic E-state index is 0.0397. The number of sulfonamides is 1. The Hall–Kier alpha value is -3.37. The molecule has 3 N–H and O–H groups in total. The Morgan fingerprint density at radius 1 is 1.08 bits per heavy atom. The van der Waals surface area contributed by atoms with Gasteiger partial charge in [-0.3, -0.25) is 4.79 Å². The predicted octanol–water partition coefficient (Wildman–Crippen LogP) is 5.13. The molecule has 2 atom stereocenters. The van der Waals surface area contributed by atoms with E-state index in [9.17, 15) is 26.4 Å². The average Bonchev–Trinajstić information content (AvgIpc) is 3.25. The van der Waals surface area contributed by atoms with Crippen molar-refractivity contribution < 1.29 is 31.1 Å². The Kier molecular flexibility index (Phi) is 8.13. The summed E-state index contributed by atoms with van der Waals surface area (Å²) in [5.74, 6) is -1.44. The van der Waals surface area contributed by atoms with Crippen molar-refractivity contribution in [3.8, 4) is 16.9 Å². The number of primary amides is 1. The Balaban J connectivity index is 1.70. The van der Waals surface area contributed by atoms with Crippen molar-refractivity contribution in [2.24, 2.45) is 11.1 Å². The second kappa shape index (κ2) is 11.2. The molecule has 0 aliphatic heterocycles. The third-order valence-electron chi connectivity index (χ3n) is 6.89. The first-order valence-electron chi connectivity index (χ1n) is 12.1. The molecule has 0 bridgehead atoms. The average molecular weight is 547 g/mol. The molecule has 3 aromatic rings. The zero-order chi connectivity index (χ0) is 27.5. The lowest BCUT2D eigenvalue weighted by atomic mass is 9.78. The standard InChI is InChI=1S/C28H29F3N2O4S/c1-38(35,36)33-20-12-13-28(16-20,27(32)34)15-19-10-11-22(26(30)31)23(14-19)21-8-5-9-24(29)25(21)37-17-18-6-3-2-4-7-18/h2-11,14,20,26,33H,12-13,15-17H2,1H3,(H2,32,34)/t20-,28+/m0/s1. The first-order chi connectivity index (χ1) is 18.0. The van der Waals surface area contributed by atoms with Crippen molar-refractivity contribution >= 4 is 15.9 Å². The smallest absolute Gasteiger partial charge is 0.264 e. The molecule has 0 heterocycles. The van der Waals surface area contributed by atoms with Gasteiger partial charge in [0.1, 0.15) is 6.61 Å². The Morgan fingerprint density at radius 2 is 1.82 bits per heavy atom. The van der Waals surface area contributed by atoms with Crippen LogP contribution in [0, 0.1) is 11.2 Å². The van der Waals surface area contributed by atoms with Gasteiger partial charge in [-0.15, -0.1) is 0 Å². The van der Waals surface area contributed by atoms with Crippen LogP contribution in [0.2, 0.25) is 0 Å². The van der Waals surface area contributed by atoms with E-state index >= 15 is 0 Å². The highest BCUT2D eigenvalue weighted by atomic mass is 32.2. The monoisotopic (exact) mass is 546 g/mol. The zero-order valence-electron chi connectivity index (χ0n) is 20.8. The van der Waals surface area contributed by atoms with Gasteiger partial charge in [-0.2, -0.15) is 0 Å². The van der Waals surface area contributed by atoms with E-state index in [1.165, 1.54) is 36.4 Å². The molecule has 38 heavy (non-hydrogen) atoms. The molecule has 4 rings (SSSR count). The number of benzene rings is 3. The number of alkyl halides is 2. The fourth-order valence-corrected chi connectivity index (χ4v) is 5.93. The number of halogens is 3. The maximum Gasteiger partial charge on any atom is 0.264 e. The summed E-state index contributed by atoms with van der Waals surface area (Å²) in [5, 5.41) is 0. The number of carbonyl (C=O) groups is 1. The number of ether oxygens (including phenoxy) is 1. The maximum absolute atomic E-state index is 14.9. The van der Waals surface area contributed by atoms with E-state index in [4.69, 9.17) is 10.5 Å². The van der Waals surface area contributed by atoms with Crippen LogP contribution in [-0.2, 0) is 27.8 Å². The van der Waals surface area contributed by atoms with E-state index in [2.05, 4.69) is 4.72 Å². The quantitative estimate of drug-likeness (QED) is 0.369. The molecule has 1 amide bonds. The summed E-state index contributed by atoms with van der Waals surface area (Å²) in [5.41, 5.74) is 5.98. The highest BCUT2D eigenvalue weighted by molar-refractivity contribution is 7.88. The van der Waals surface area contributed by atoms with E-state index in [-0.39, 0.29) is 41.9 Å². The topological polar surface area (TPSA) is 98.5 Å². The molecule has 0 spiro atoms. The summed E-state index contributed by atoms with van der Waals surface area (Å²) in [6, 6.07) is 17.0. The Morgan fingerprint density at radius 3 is 2.47 bits per heavy atom. The molecule has 0 radical (unpaired) electrons. The van der Waals surface area contributed by atoms with Crippen LogP contribution in [0.4, 0.5) is 13.2 Å². The maximum atomic E-state index is 14.9. The lowest BCUT2D eigenvalue weighted by Crippen LogP contribution is -2.40. The van der Waals surface area contributed by atoms with Gasteiger partial charge in [-0.1, -0.05) is 60.7 Å². The first-order valence-corrected chi connectivity index (χ1v) is 14.0. The van der Waals surface area contributed by atoms with Crippen molar-refractivity contribution in [3.63, 3.8) is 0 Å². The third-order valence-corrected chi connectivity index (χ3v) is 7.65. The van der Waals surface area contributed by atoms with E-state index < -0.39 is 39.6 Å². The van der Waals surface area contributed by atoms with Crippen molar-refractivity contribution in [2.45, 2.75) is 44.8 Å². The molecule has 3 aromatic carbocycles. The molecule has 1 aliphatic carbocycles. The van der Waals surface area contributed by atoms with Gasteiger partial charge in [0.25, 0.3) is 6.43 Å². The van der Waals surface area contributed by atoms with Gasteiger partial charge in [0.2, 0.25) is 15.9 Å². The molecular weight excluding hydrogens is 517 g/mol. The van der Waals surface area contributed by atoms with E-state index in [0.717, 1.165) is 11.8 Å². The van der Waals surface area contributed by atoms with Gasteiger partial charge < -0.3 is 10.5 Å². The van der Waals surface area contributed by atoms with E-state index in [1.54, 1.807) is 0 Å².